The number of nitrogens with one attached hydrogen (secondary N) is 2. The zero-order chi connectivity index (χ0) is 11.8. The van der Waals surface area contributed by atoms with E-state index in [0.717, 1.165) is 6.42 Å². The van der Waals surface area contributed by atoms with E-state index in [1.54, 1.807) is 7.11 Å². The Balaban J connectivity index is 2.18. The van der Waals surface area contributed by atoms with Gasteiger partial charge in [0.05, 0.1) is 12.6 Å². The van der Waals surface area contributed by atoms with Crippen LogP contribution in [0.1, 0.15) is 18.7 Å². The third kappa shape index (κ3) is 4.37. The van der Waals surface area contributed by atoms with Gasteiger partial charge in [-0.3, -0.25) is 9.89 Å². The predicted molar refractivity (Wildman–Crippen MR) is 57.3 cm³/mol. The first-order chi connectivity index (χ1) is 7.74. The van der Waals surface area contributed by atoms with Gasteiger partial charge in [-0.1, -0.05) is 0 Å². The fraction of sp³-hybridized carbons (Fsp3) is 0.667. The van der Waals surface area contributed by atoms with Crippen LogP contribution in [0, 0.1) is 0 Å². The summed E-state index contributed by atoms with van der Waals surface area (Å²) in [5, 5.41) is 8.99. The van der Waals surface area contributed by atoms with Gasteiger partial charge in [-0.15, -0.1) is 0 Å². The summed E-state index contributed by atoms with van der Waals surface area (Å²) in [5.74, 6) is 0.421. The molecule has 0 spiro atoms. The average molecular weight is 227 g/mol. The van der Waals surface area contributed by atoms with Crippen LogP contribution in [0.25, 0.3) is 0 Å². The Morgan fingerprint density at radius 1 is 1.75 bits per heavy atom. The van der Waals surface area contributed by atoms with Crippen molar-refractivity contribution < 1.29 is 9.53 Å². The van der Waals surface area contributed by atoms with E-state index in [2.05, 4.69) is 20.5 Å². The van der Waals surface area contributed by atoms with Gasteiger partial charge in [0.1, 0.15) is 12.2 Å². The molecule has 1 unspecified atom stereocenters. The number of methoxy groups -OCH3 is 1. The fourth-order valence-electron chi connectivity index (χ4n) is 1.20. The molecule has 0 saturated carbocycles. The molecule has 7 heteroatoms. The second kappa shape index (κ2) is 6.91. The maximum atomic E-state index is 11.5. The Morgan fingerprint density at radius 3 is 3.19 bits per heavy atom. The van der Waals surface area contributed by atoms with Crippen LogP contribution in [-0.2, 0) is 16.1 Å². The topological polar surface area (TPSA) is 106 Å². The molecule has 0 radical (unpaired) electrons. The highest BCUT2D eigenvalue weighted by Gasteiger charge is 2.12. The molecule has 0 aromatic carbocycles. The number of carbonyl (C=O) groups excluding carboxylic acids is 1. The lowest BCUT2D eigenvalue weighted by molar-refractivity contribution is -0.122. The first-order valence-corrected chi connectivity index (χ1v) is 5.10. The Morgan fingerprint density at radius 2 is 2.56 bits per heavy atom. The normalized spacial score (nSPS) is 12.4. The van der Waals surface area contributed by atoms with Crippen molar-refractivity contribution in [3.63, 3.8) is 0 Å². The van der Waals surface area contributed by atoms with E-state index in [1.807, 2.05) is 0 Å². The lowest BCUT2D eigenvalue weighted by atomic mass is 10.1. The summed E-state index contributed by atoms with van der Waals surface area (Å²) < 4.78 is 4.88. The maximum Gasteiger partial charge on any atom is 0.237 e. The molecular weight excluding hydrogens is 210 g/mol. The summed E-state index contributed by atoms with van der Waals surface area (Å²) in [6.45, 7) is 0.930. The highest BCUT2D eigenvalue weighted by atomic mass is 16.5. The Labute approximate surface area is 93.8 Å². The van der Waals surface area contributed by atoms with Crippen LogP contribution in [0.4, 0.5) is 0 Å². The summed E-state index contributed by atoms with van der Waals surface area (Å²) in [7, 11) is 1.62. The smallest absolute Gasteiger partial charge is 0.237 e. The van der Waals surface area contributed by atoms with Crippen molar-refractivity contribution >= 4 is 5.91 Å². The lowest BCUT2D eigenvalue weighted by Crippen LogP contribution is -2.40. The van der Waals surface area contributed by atoms with Gasteiger partial charge in [0.2, 0.25) is 5.91 Å². The molecule has 0 aliphatic rings. The lowest BCUT2D eigenvalue weighted by Gasteiger charge is -2.10. The molecule has 1 amide bonds. The van der Waals surface area contributed by atoms with E-state index in [9.17, 15) is 4.79 Å². The molecule has 0 fully saturated rings. The van der Waals surface area contributed by atoms with Crippen molar-refractivity contribution in [3.05, 3.63) is 12.2 Å². The van der Waals surface area contributed by atoms with Crippen molar-refractivity contribution in [2.75, 3.05) is 13.7 Å². The second-order valence-electron chi connectivity index (χ2n) is 3.39. The minimum atomic E-state index is -0.502. The first-order valence-electron chi connectivity index (χ1n) is 5.10. The van der Waals surface area contributed by atoms with Gasteiger partial charge < -0.3 is 15.8 Å². The molecule has 1 aromatic rings. The number of carbonyl (C=O) groups is 1. The van der Waals surface area contributed by atoms with E-state index >= 15 is 0 Å². The zero-order valence-corrected chi connectivity index (χ0v) is 9.27. The monoisotopic (exact) mass is 227 g/mol. The molecule has 4 N–H and O–H groups in total. The van der Waals surface area contributed by atoms with Crippen LogP contribution in [0.3, 0.4) is 0 Å². The maximum absolute atomic E-state index is 11.5. The van der Waals surface area contributed by atoms with Crippen molar-refractivity contribution in [1.29, 1.82) is 0 Å². The molecule has 1 aromatic heterocycles. The SMILES string of the molecule is COCCCC(N)C(=O)NCc1ncn[nH]1. The molecular formula is C9H17N5O2. The van der Waals surface area contributed by atoms with Gasteiger partial charge in [-0.25, -0.2) is 4.98 Å². The molecule has 0 aliphatic carbocycles. The number of aromatic amines is 1. The molecule has 0 bridgehead atoms. The van der Waals surface area contributed by atoms with Gasteiger partial charge in [0.15, 0.2) is 0 Å². The van der Waals surface area contributed by atoms with Gasteiger partial charge in [-0.2, -0.15) is 5.10 Å². The molecule has 1 heterocycles. The van der Waals surface area contributed by atoms with Gasteiger partial charge in [0.25, 0.3) is 0 Å². The van der Waals surface area contributed by atoms with Crippen LogP contribution < -0.4 is 11.1 Å². The number of rotatable bonds is 7. The number of ether oxygens (including phenoxy) is 1. The number of hydrogen-bond acceptors (Lipinski definition) is 5. The van der Waals surface area contributed by atoms with Gasteiger partial charge in [-0.05, 0) is 12.8 Å². The molecule has 0 saturated heterocycles. The van der Waals surface area contributed by atoms with E-state index in [1.165, 1.54) is 6.33 Å². The summed E-state index contributed by atoms with van der Waals surface area (Å²) in [6, 6.07) is -0.502. The van der Waals surface area contributed by atoms with Crippen LogP contribution in [0.5, 0.6) is 0 Å². The van der Waals surface area contributed by atoms with Gasteiger partial charge >= 0.3 is 0 Å². The Kier molecular flexibility index (Phi) is 5.44. The third-order valence-electron chi connectivity index (χ3n) is 2.10. The van der Waals surface area contributed by atoms with E-state index in [-0.39, 0.29) is 5.91 Å². The molecule has 1 atom stereocenters. The van der Waals surface area contributed by atoms with Crippen molar-refractivity contribution in [1.82, 2.24) is 20.5 Å². The number of aromatic nitrogens is 3. The van der Waals surface area contributed by atoms with E-state index in [4.69, 9.17) is 10.5 Å². The largest absolute Gasteiger partial charge is 0.385 e. The van der Waals surface area contributed by atoms with Crippen LogP contribution >= 0.6 is 0 Å². The average Bonchev–Trinajstić information content (AvgIpc) is 2.79. The summed E-state index contributed by atoms with van der Waals surface area (Å²) in [5.41, 5.74) is 5.68. The van der Waals surface area contributed by atoms with Crippen LogP contribution in [0.2, 0.25) is 0 Å². The van der Waals surface area contributed by atoms with E-state index < -0.39 is 6.04 Å². The molecule has 1 rings (SSSR count). The first kappa shape index (κ1) is 12.6. The molecule has 16 heavy (non-hydrogen) atoms. The number of nitrogens with zero attached hydrogens (tertiary/aromatic N) is 2. The number of amides is 1. The Hall–Kier alpha value is -1.47. The fourth-order valence-corrected chi connectivity index (χ4v) is 1.20. The van der Waals surface area contributed by atoms with Crippen molar-refractivity contribution in [2.45, 2.75) is 25.4 Å². The number of hydrogen-bond donors (Lipinski definition) is 3. The zero-order valence-electron chi connectivity index (χ0n) is 9.27. The minimum absolute atomic E-state index is 0.187. The number of nitrogens with two attached hydrogens (primary N) is 1. The molecule has 90 valence electrons. The second-order valence-corrected chi connectivity index (χ2v) is 3.39. The quantitative estimate of drug-likeness (QED) is 0.527. The highest BCUT2D eigenvalue weighted by molar-refractivity contribution is 5.81. The predicted octanol–water partition coefficient (Wildman–Crippen LogP) is -0.825. The Bertz CT molecular complexity index is 301. The summed E-state index contributed by atoms with van der Waals surface area (Å²) in [6.07, 6.45) is 2.77. The van der Waals surface area contributed by atoms with Crippen LogP contribution in [-0.4, -0.2) is 40.8 Å². The summed E-state index contributed by atoms with van der Waals surface area (Å²) in [4.78, 5) is 15.4. The van der Waals surface area contributed by atoms with Crippen molar-refractivity contribution in [3.8, 4) is 0 Å². The van der Waals surface area contributed by atoms with E-state index in [0.29, 0.717) is 25.4 Å². The highest BCUT2D eigenvalue weighted by Crippen LogP contribution is 1.95. The minimum Gasteiger partial charge on any atom is -0.385 e. The van der Waals surface area contributed by atoms with Gasteiger partial charge in [0, 0.05) is 13.7 Å². The molecule has 7 nitrogen and oxygen atoms in total. The van der Waals surface area contributed by atoms with Crippen LogP contribution in [0.15, 0.2) is 6.33 Å². The third-order valence-corrected chi connectivity index (χ3v) is 2.10. The standard InChI is InChI=1S/C9H17N5O2/c1-16-4-2-3-7(10)9(15)11-5-8-12-6-13-14-8/h6-7H,2-5,10H2,1H3,(H,11,15)(H,12,13,14). The molecule has 0 aliphatic heterocycles. The summed E-state index contributed by atoms with van der Waals surface area (Å²) >= 11 is 0. The number of H-pyrrole nitrogens is 1. The van der Waals surface area contributed by atoms with Crippen molar-refractivity contribution in [2.24, 2.45) is 5.73 Å².